The quantitative estimate of drug-likeness (QED) is 0.907. The van der Waals surface area contributed by atoms with E-state index in [4.69, 9.17) is 4.74 Å². The molecule has 5 heteroatoms. The average Bonchev–Trinajstić information content (AvgIpc) is 3.06. The van der Waals surface area contributed by atoms with Crippen molar-refractivity contribution in [1.29, 1.82) is 0 Å². The normalized spacial score (nSPS) is 27.6. The van der Waals surface area contributed by atoms with Gasteiger partial charge in [-0.25, -0.2) is 8.78 Å². The van der Waals surface area contributed by atoms with Crippen molar-refractivity contribution < 1.29 is 18.3 Å². The molecule has 2 fully saturated rings. The minimum atomic E-state index is -0.588. The van der Waals surface area contributed by atoms with Gasteiger partial charge in [0.05, 0.1) is 6.10 Å². The number of carbonyl (C=O) groups is 1. The summed E-state index contributed by atoms with van der Waals surface area (Å²) in [4.78, 5) is 12.0. The second-order valence-corrected chi connectivity index (χ2v) is 5.83. The minimum absolute atomic E-state index is 0.0401. The number of nitrogens with one attached hydrogen (secondary N) is 1. The van der Waals surface area contributed by atoms with Crippen LogP contribution in [-0.4, -0.2) is 25.2 Å². The summed E-state index contributed by atoms with van der Waals surface area (Å²) in [7, 11) is 0. The van der Waals surface area contributed by atoms with Gasteiger partial charge < -0.3 is 10.1 Å². The predicted molar refractivity (Wildman–Crippen MR) is 73.8 cm³/mol. The Balaban J connectivity index is 1.46. The fraction of sp³-hybridized carbons (Fsp3) is 0.562. The maximum Gasteiger partial charge on any atom is 0.223 e. The number of hydrogen-bond donors (Lipinski definition) is 1. The van der Waals surface area contributed by atoms with Crippen LogP contribution in [0.25, 0.3) is 0 Å². The molecule has 0 radical (unpaired) electrons. The minimum Gasteiger partial charge on any atom is -0.378 e. The molecule has 3 rings (SSSR count). The Bertz CT molecular complexity index is 529. The van der Waals surface area contributed by atoms with Gasteiger partial charge in [0.1, 0.15) is 11.6 Å². The lowest BCUT2D eigenvalue weighted by molar-refractivity contribution is -0.122. The number of ether oxygens (including phenoxy) is 1. The van der Waals surface area contributed by atoms with Gasteiger partial charge in [-0.05, 0) is 43.2 Å². The molecule has 1 heterocycles. The summed E-state index contributed by atoms with van der Waals surface area (Å²) in [6.07, 6.45) is 3.87. The van der Waals surface area contributed by atoms with Crippen LogP contribution in [0, 0.1) is 17.6 Å². The number of rotatable bonds is 5. The third-order valence-corrected chi connectivity index (χ3v) is 4.28. The Morgan fingerprint density at radius 1 is 1.38 bits per heavy atom. The molecular formula is C16H19F2NO2. The molecule has 3 atom stereocenters. The van der Waals surface area contributed by atoms with E-state index in [-0.39, 0.29) is 23.8 Å². The van der Waals surface area contributed by atoms with Crippen LogP contribution < -0.4 is 5.32 Å². The monoisotopic (exact) mass is 295 g/mol. The molecule has 0 spiro atoms. The van der Waals surface area contributed by atoms with Crippen molar-refractivity contribution in [2.75, 3.05) is 13.2 Å². The summed E-state index contributed by atoms with van der Waals surface area (Å²) in [5.41, 5.74) is 0.440. The Kier molecular flexibility index (Phi) is 4.19. The van der Waals surface area contributed by atoms with Crippen molar-refractivity contribution in [3.63, 3.8) is 0 Å². The molecule has 2 aliphatic rings. The van der Waals surface area contributed by atoms with Gasteiger partial charge in [0.25, 0.3) is 0 Å². The van der Waals surface area contributed by atoms with Crippen molar-refractivity contribution in [3.8, 4) is 0 Å². The zero-order chi connectivity index (χ0) is 14.8. The SMILES string of the molecule is O=C(NCCC1CCCO1)C1CC1c1ccc(F)cc1F. The highest BCUT2D eigenvalue weighted by molar-refractivity contribution is 5.82. The maximum absolute atomic E-state index is 13.6. The van der Waals surface area contributed by atoms with Crippen molar-refractivity contribution >= 4 is 5.91 Å². The molecule has 1 aliphatic heterocycles. The Hall–Kier alpha value is -1.49. The first-order valence-corrected chi connectivity index (χ1v) is 7.49. The smallest absolute Gasteiger partial charge is 0.223 e. The van der Waals surface area contributed by atoms with Gasteiger partial charge in [0, 0.05) is 25.1 Å². The first kappa shape index (κ1) is 14.4. The third-order valence-electron chi connectivity index (χ3n) is 4.28. The van der Waals surface area contributed by atoms with Crippen LogP contribution in [-0.2, 0) is 9.53 Å². The van der Waals surface area contributed by atoms with Crippen molar-refractivity contribution in [2.24, 2.45) is 5.92 Å². The third kappa shape index (κ3) is 3.40. The van der Waals surface area contributed by atoms with Crippen molar-refractivity contribution in [1.82, 2.24) is 5.32 Å². The Morgan fingerprint density at radius 2 is 2.24 bits per heavy atom. The highest BCUT2D eigenvalue weighted by Gasteiger charge is 2.45. The molecule has 0 aromatic heterocycles. The van der Waals surface area contributed by atoms with Crippen molar-refractivity contribution in [3.05, 3.63) is 35.4 Å². The predicted octanol–water partition coefficient (Wildman–Crippen LogP) is 2.75. The topological polar surface area (TPSA) is 38.3 Å². The highest BCUT2D eigenvalue weighted by Crippen LogP contribution is 2.48. The summed E-state index contributed by atoms with van der Waals surface area (Å²) >= 11 is 0. The van der Waals surface area contributed by atoms with Gasteiger partial charge in [0.15, 0.2) is 0 Å². The molecule has 3 unspecified atom stereocenters. The number of halogens is 2. The summed E-state index contributed by atoms with van der Waals surface area (Å²) in [6, 6.07) is 3.55. The van der Waals surface area contributed by atoms with Crippen LogP contribution >= 0.6 is 0 Å². The lowest BCUT2D eigenvalue weighted by Gasteiger charge is -2.10. The van der Waals surface area contributed by atoms with Crippen LogP contribution in [0.1, 0.15) is 37.2 Å². The second kappa shape index (κ2) is 6.10. The second-order valence-electron chi connectivity index (χ2n) is 5.83. The molecule has 3 nitrogen and oxygen atoms in total. The fourth-order valence-corrected chi connectivity index (χ4v) is 2.99. The van der Waals surface area contributed by atoms with E-state index in [1.807, 2.05) is 0 Å². The molecule has 1 amide bonds. The van der Waals surface area contributed by atoms with E-state index < -0.39 is 11.6 Å². The van der Waals surface area contributed by atoms with E-state index in [0.717, 1.165) is 31.9 Å². The van der Waals surface area contributed by atoms with Crippen LogP contribution in [0.2, 0.25) is 0 Å². The van der Waals surface area contributed by atoms with Crippen LogP contribution in [0.3, 0.4) is 0 Å². The molecule has 114 valence electrons. The lowest BCUT2D eigenvalue weighted by Crippen LogP contribution is -2.28. The number of amides is 1. The Morgan fingerprint density at radius 3 is 2.95 bits per heavy atom. The number of benzene rings is 1. The molecule has 1 saturated heterocycles. The van der Waals surface area contributed by atoms with E-state index >= 15 is 0 Å². The molecule has 1 aromatic carbocycles. The van der Waals surface area contributed by atoms with E-state index in [1.165, 1.54) is 12.1 Å². The zero-order valence-electron chi connectivity index (χ0n) is 11.8. The largest absolute Gasteiger partial charge is 0.378 e. The van der Waals surface area contributed by atoms with Gasteiger partial charge in [-0.2, -0.15) is 0 Å². The number of hydrogen-bond acceptors (Lipinski definition) is 2. The lowest BCUT2D eigenvalue weighted by atomic mass is 10.1. The van der Waals surface area contributed by atoms with Crippen LogP contribution in [0.5, 0.6) is 0 Å². The van der Waals surface area contributed by atoms with Gasteiger partial charge in [-0.3, -0.25) is 4.79 Å². The first-order chi connectivity index (χ1) is 10.1. The molecule has 1 aromatic rings. The van der Waals surface area contributed by atoms with E-state index in [1.54, 1.807) is 0 Å². The van der Waals surface area contributed by atoms with Gasteiger partial charge >= 0.3 is 0 Å². The maximum atomic E-state index is 13.6. The first-order valence-electron chi connectivity index (χ1n) is 7.49. The summed E-state index contributed by atoms with van der Waals surface area (Å²) in [5.74, 6) is -1.49. The molecular weight excluding hydrogens is 276 g/mol. The number of carbonyl (C=O) groups excluding carboxylic acids is 1. The molecule has 21 heavy (non-hydrogen) atoms. The van der Waals surface area contributed by atoms with Gasteiger partial charge in [-0.1, -0.05) is 6.07 Å². The standard InChI is InChI=1S/C16H19F2NO2/c17-10-3-4-12(15(18)8-10)13-9-14(13)16(20)19-6-5-11-2-1-7-21-11/h3-4,8,11,13-14H,1-2,5-7,9H2,(H,19,20). The van der Waals surface area contributed by atoms with E-state index in [2.05, 4.69) is 5.32 Å². The molecule has 1 N–H and O–H groups in total. The highest BCUT2D eigenvalue weighted by atomic mass is 19.1. The summed E-state index contributed by atoms with van der Waals surface area (Å²) in [5, 5.41) is 2.89. The molecule has 1 saturated carbocycles. The zero-order valence-corrected chi connectivity index (χ0v) is 11.8. The summed E-state index contributed by atoms with van der Waals surface area (Å²) in [6.45, 7) is 1.41. The summed E-state index contributed by atoms with van der Waals surface area (Å²) < 4.78 is 32.0. The van der Waals surface area contributed by atoms with Crippen LogP contribution in [0.15, 0.2) is 18.2 Å². The van der Waals surface area contributed by atoms with Crippen molar-refractivity contribution in [2.45, 2.75) is 37.7 Å². The Labute approximate surface area is 122 Å². The van der Waals surface area contributed by atoms with E-state index in [9.17, 15) is 13.6 Å². The fourth-order valence-electron chi connectivity index (χ4n) is 2.99. The van der Waals surface area contributed by atoms with Gasteiger partial charge in [0.2, 0.25) is 5.91 Å². The van der Waals surface area contributed by atoms with Gasteiger partial charge in [-0.15, -0.1) is 0 Å². The van der Waals surface area contributed by atoms with E-state index in [0.29, 0.717) is 18.5 Å². The molecule has 0 bridgehead atoms. The average molecular weight is 295 g/mol. The van der Waals surface area contributed by atoms with Crippen LogP contribution in [0.4, 0.5) is 8.78 Å². The molecule has 1 aliphatic carbocycles.